The Labute approximate surface area is 134 Å². The number of halogens is 1. The van der Waals surface area contributed by atoms with Crippen LogP contribution in [0.1, 0.15) is 38.5 Å². The molecule has 0 aromatic carbocycles. The van der Waals surface area contributed by atoms with Gasteiger partial charge in [0.25, 0.3) is 0 Å². The number of carbonyl (C=O) groups is 2. The summed E-state index contributed by atoms with van der Waals surface area (Å²) in [7, 11) is 0. The minimum atomic E-state index is -0.173. The Morgan fingerprint density at radius 3 is 2.00 bits per heavy atom. The van der Waals surface area contributed by atoms with Crippen LogP contribution < -0.4 is 10.6 Å². The van der Waals surface area contributed by atoms with Crippen LogP contribution in [0.25, 0.3) is 0 Å². The van der Waals surface area contributed by atoms with Gasteiger partial charge in [0.1, 0.15) is 0 Å². The first-order chi connectivity index (χ1) is 9.97. The van der Waals surface area contributed by atoms with Crippen LogP contribution in [0.4, 0.5) is 0 Å². The zero-order valence-corrected chi connectivity index (χ0v) is 13.9. The summed E-state index contributed by atoms with van der Waals surface area (Å²) in [5.41, 5.74) is -0.173. The van der Waals surface area contributed by atoms with Gasteiger partial charge in [0, 0.05) is 16.4 Å². The molecule has 4 aliphatic carbocycles. The van der Waals surface area contributed by atoms with E-state index in [0.29, 0.717) is 6.54 Å². The molecule has 21 heavy (non-hydrogen) atoms. The van der Waals surface area contributed by atoms with Crippen molar-refractivity contribution in [2.24, 2.45) is 23.2 Å². The molecule has 0 unspecified atom stereocenters. The van der Waals surface area contributed by atoms with Gasteiger partial charge < -0.3 is 10.6 Å². The van der Waals surface area contributed by atoms with Crippen molar-refractivity contribution in [1.82, 2.24) is 10.6 Å². The minimum absolute atomic E-state index is 0.0703. The fourth-order valence-electron chi connectivity index (χ4n) is 4.99. The van der Waals surface area contributed by atoms with E-state index >= 15 is 0 Å². The second-order valence-corrected chi connectivity index (χ2v) is 8.30. The van der Waals surface area contributed by atoms with E-state index in [1.807, 2.05) is 0 Å². The lowest BCUT2D eigenvalue weighted by Gasteiger charge is -2.55. The zero-order valence-electron chi connectivity index (χ0n) is 12.3. The van der Waals surface area contributed by atoms with Crippen molar-refractivity contribution in [2.75, 3.05) is 13.1 Å². The van der Waals surface area contributed by atoms with Gasteiger partial charge in [0.2, 0.25) is 11.8 Å². The molecular weight excluding hydrogens is 332 g/mol. The van der Waals surface area contributed by atoms with E-state index < -0.39 is 0 Å². The Balaban J connectivity index is 1.53. The Bertz CT molecular complexity index is 440. The molecule has 4 fully saturated rings. The standard InChI is InChI=1S/C16H23BrN2O2/c1-10(17)8-18-14(20)9-19-15(21)16-5-11-2-12(6-16)4-13(3-11)7-16/h11-13H,1-9H2,(H,18,20)(H,19,21). The largest absolute Gasteiger partial charge is 0.350 e. The molecule has 0 spiro atoms. The highest BCUT2D eigenvalue weighted by Gasteiger charge is 2.54. The maximum atomic E-state index is 12.6. The molecule has 2 N–H and O–H groups in total. The summed E-state index contributed by atoms with van der Waals surface area (Å²) in [6.45, 7) is 4.13. The molecule has 4 aliphatic rings. The van der Waals surface area contributed by atoms with Crippen molar-refractivity contribution in [3.05, 3.63) is 11.1 Å². The molecule has 0 aromatic heterocycles. The van der Waals surface area contributed by atoms with Crippen molar-refractivity contribution < 1.29 is 9.59 Å². The second-order valence-electron chi connectivity index (χ2n) is 7.17. The van der Waals surface area contributed by atoms with Gasteiger partial charge in [-0.2, -0.15) is 0 Å². The van der Waals surface area contributed by atoms with Crippen molar-refractivity contribution in [3.8, 4) is 0 Å². The average Bonchev–Trinajstić information content (AvgIpc) is 2.41. The van der Waals surface area contributed by atoms with Gasteiger partial charge in [-0.1, -0.05) is 22.5 Å². The van der Waals surface area contributed by atoms with Crippen LogP contribution in [-0.2, 0) is 9.59 Å². The summed E-state index contributed by atoms with van der Waals surface area (Å²) >= 11 is 3.19. The normalized spacial score (nSPS) is 36.3. The molecule has 2 amide bonds. The predicted octanol–water partition coefficient (Wildman–Crippen LogP) is 2.34. The fraction of sp³-hybridized carbons (Fsp3) is 0.750. The third-order valence-corrected chi connectivity index (χ3v) is 5.69. The quantitative estimate of drug-likeness (QED) is 0.795. The van der Waals surface area contributed by atoms with Crippen molar-refractivity contribution in [2.45, 2.75) is 38.5 Å². The third kappa shape index (κ3) is 3.17. The molecule has 0 saturated heterocycles. The first kappa shape index (κ1) is 15.1. The maximum absolute atomic E-state index is 12.6. The highest BCUT2D eigenvalue weighted by molar-refractivity contribution is 9.11. The van der Waals surface area contributed by atoms with Crippen LogP contribution >= 0.6 is 15.9 Å². The summed E-state index contributed by atoms with van der Waals surface area (Å²) in [6, 6.07) is 0. The lowest BCUT2D eigenvalue weighted by molar-refractivity contribution is -0.147. The summed E-state index contributed by atoms with van der Waals surface area (Å²) in [6.07, 6.45) is 7.06. The number of carbonyl (C=O) groups excluding carboxylic acids is 2. The van der Waals surface area contributed by atoms with Crippen LogP contribution in [0.5, 0.6) is 0 Å². The van der Waals surface area contributed by atoms with E-state index in [1.54, 1.807) is 0 Å². The molecule has 0 radical (unpaired) electrons. The Kier molecular flexibility index (Phi) is 4.12. The van der Waals surface area contributed by atoms with Crippen LogP contribution in [0, 0.1) is 23.2 Å². The third-order valence-electron chi connectivity index (χ3n) is 5.41. The summed E-state index contributed by atoms with van der Waals surface area (Å²) in [4.78, 5) is 24.3. The Morgan fingerprint density at radius 2 is 1.52 bits per heavy atom. The molecule has 116 valence electrons. The molecule has 0 atom stereocenters. The second kappa shape index (κ2) is 5.75. The summed E-state index contributed by atoms with van der Waals surface area (Å²) in [5, 5.41) is 5.58. The fourth-order valence-corrected chi connectivity index (χ4v) is 5.13. The molecule has 0 heterocycles. The van der Waals surface area contributed by atoms with Gasteiger partial charge in [-0.25, -0.2) is 0 Å². The monoisotopic (exact) mass is 354 g/mol. The van der Waals surface area contributed by atoms with Crippen LogP contribution in [0.15, 0.2) is 11.1 Å². The topological polar surface area (TPSA) is 58.2 Å². The van der Waals surface area contributed by atoms with E-state index in [0.717, 1.165) is 41.5 Å². The van der Waals surface area contributed by atoms with Gasteiger partial charge in [-0.15, -0.1) is 0 Å². The van der Waals surface area contributed by atoms with E-state index in [2.05, 4.69) is 33.1 Å². The highest BCUT2D eigenvalue weighted by atomic mass is 79.9. The number of nitrogens with one attached hydrogen (secondary N) is 2. The predicted molar refractivity (Wildman–Crippen MR) is 84.7 cm³/mol. The number of amides is 2. The van der Waals surface area contributed by atoms with Crippen LogP contribution in [0.3, 0.4) is 0 Å². The van der Waals surface area contributed by atoms with Gasteiger partial charge in [-0.05, 0) is 56.3 Å². The average molecular weight is 355 g/mol. The highest BCUT2D eigenvalue weighted by Crippen LogP contribution is 2.60. The van der Waals surface area contributed by atoms with E-state index in [-0.39, 0.29) is 23.8 Å². The van der Waals surface area contributed by atoms with Gasteiger partial charge in [0.05, 0.1) is 6.54 Å². The Hall–Kier alpha value is -0.840. The number of hydrogen-bond acceptors (Lipinski definition) is 2. The first-order valence-electron chi connectivity index (χ1n) is 7.85. The Morgan fingerprint density at radius 1 is 1.00 bits per heavy atom. The molecule has 4 nitrogen and oxygen atoms in total. The SMILES string of the molecule is C=C(Br)CNC(=O)CNC(=O)C12CC3CC(CC(C3)C1)C2. The zero-order chi connectivity index (χ0) is 15.0. The van der Waals surface area contributed by atoms with Gasteiger partial charge in [0.15, 0.2) is 0 Å². The molecule has 0 aliphatic heterocycles. The van der Waals surface area contributed by atoms with Crippen molar-refractivity contribution in [3.63, 3.8) is 0 Å². The van der Waals surface area contributed by atoms with Crippen molar-refractivity contribution in [1.29, 1.82) is 0 Å². The lowest BCUT2D eigenvalue weighted by atomic mass is 9.49. The number of rotatable bonds is 5. The van der Waals surface area contributed by atoms with Gasteiger partial charge in [-0.3, -0.25) is 9.59 Å². The molecule has 0 aromatic rings. The summed E-state index contributed by atoms with van der Waals surface area (Å²) in [5.74, 6) is 2.18. The van der Waals surface area contributed by atoms with E-state index in [1.165, 1.54) is 19.3 Å². The molecule has 4 rings (SSSR count). The van der Waals surface area contributed by atoms with Crippen LogP contribution in [-0.4, -0.2) is 24.9 Å². The number of hydrogen-bond donors (Lipinski definition) is 2. The summed E-state index contributed by atoms with van der Waals surface area (Å²) < 4.78 is 0.725. The van der Waals surface area contributed by atoms with Gasteiger partial charge >= 0.3 is 0 Å². The minimum Gasteiger partial charge on any atom is -0.350 e. The maximum Gasteiger partial charge on any atom is 0.239 e. The molecule has 4 bridgehead atoms. The molecular formula is C16H23BrN2O2. The van der Waals surface area contributed by atoms with E-state index in [4.69, 9.17) is 0 Å². The molecule has 4 saturated carbocycles. The smallest absolute Gasteiger partial charge is 0.239 e. The first-order valence-corrected chi connectivity index (χ1v) is 8.64. The molecule has 5 heteroatoms. The van der Waals surface area contributed by atoms with E-state index in [9.17, 15) is 9.59 Å². The van der Waals surface area contributed by atoms with Crippen molar-refractivity contribution >= 4 is 27.7 Å². The van der Waals surface area contributed by atoms with Crippen LogP contribution in [0.2, 0.25) is 0 Å². The lowest BCUT2D eigenvalue weighted by Crippen LogP contribution is -2.54.